The Morgan fingerprint density at radius 2 is 1.93 bits per heavy atom. The monoisotopic (exact) mass is 192 g/mol. The average Bonchev–Trinajstić information content (AvgIpc) is 2.30. The van der Waals surface area contributed by atoms with E-state index in [2.05, 4.69) is 34.9 Å². The lowest BCUT2D eigenvalue weighted by Crippen LogP contribution is -2.51. The van der Waals surface area contributed by atoms with Gasteiger partial charge in [-0.3, -0.25) is 0 Å². The Balaban J connectivity index is 1.96. The standard InChI is InChI=1S/C11H16N2O/c14-8-10-6-13-11(7-12-10)9-4-2-1-3-5-9/h1-5,10-14H,6-8H2. The zero-order chi connectivity index (χ0) is 9.80. The quantitative estimate of drug-likeness (QED) is 0.630. The molecule has 0 bridgehead atoms. The molecule has 1 saturated heterocycles. The number of benzene rings is 1. The average molecular weight is 192 g/mol. The third-order valence-corrected chi connectivity index (χ3v) is 2.64. The normalized spacial score (nSPS) is 27.5. The van der Waals surface area contributed by atoms with Crippen molar-refractivity contribution in [2.75, 3.05) is 19.7 Å². The minimum absolute atomic E-state index is 0.203. The van der Waals surface area contributed by atoms with Crippen LogP contribution in [0.15, 0.2) is 30.3 Å². The van der Waals surface area contributed by atoms with E-state index in [-0.39, 0.29) is 12.6 Å². The highest BCUT2D eigenvalue weighted by Crippen LogP contribution is 2.13. The second kappa shape index (κ2) is 4.55. The van der Waals surface area contributed by atoms with Crippen LogP contribution in [-0.2, 0) is 0 Å². The van der Waals surface area contributed by atoms with E-state index < -0.39 is 0 Å². The summed E-state index contributed by atoms with van der Waals surface area (Å²) < 4.78 is 0. The van der Waals surface area contributed by atoms with Crippen LogP contribution in [0.1, 0.15) is 11.6 Å². The molecule has 2 unspecified atom stereocenters. The summed E-state index contributed by atoms with van der Waals surface area (Å²) in [4.78, 5) is 0. The summed E-state index contributed by atoms with van der Waals surface area (Å²) in [6.07, 6.45) is 0. The zero-order valence-electron chi connectivity index (χ0n) is 8.11. The third-order valence-electron chi connectivity index (χ3n) is 2.64. The number of aliphatic hydroxyl groups is 1. The van der Waals surface area contributed by atoms with Gasteiger partial charge in [-0.1, -0.05) is 30.3 Å². The van der Waals surface area contributed by atoms with E-state index in [1.54, 1.807) is 0 Å². The molecule has 2 rings (SSSR count). The van der Waals surface area contributed by atoms with Crippen LogP contribution in [0.25, 0.3) is 0 Å². The van der Waals surface area contributed by atoms with Gasteiger partial charge in [0.05, 0.1) is 6.61 Å². The van der Waals surface area contributed by atoms with Crippen molar-refractivity contribution in [1.82, 2.24) is 10.6 Å². The maximum Gasteiger partial charge on any atom is 0.0597 e. The van der Waals surface area contributed by atoms with E-state index in [0.717, 1.165) is 13.1 Å². The highest BCUT2D eigenvalue weighted by Gasteiger charge is 2.19. The van der Waals surface area contributed by atoms with E-state index in [1.807, 2.05) is 6.07 Å². The van der Waals surface area contributed by atoms with Crippen molar-refractivity contribution in [1.29, 1.82) is 0 Å². The molecule has 1 aliphatic heterocycles. The summed E-state index contributed by atoms with van der Waals surface area (Å²) in [6, 6.07) is 11.0. The van der Waals surface area contributed by atoms with Gasteiger partial charge in [-0.05, 0) is 5.56 Å². The minimum atomic E-state index is 0.203. The first kappa shape index (κ1) is 9.65. The molecular formula is C11H16N2O. The van der Waals surface area contributed by atoms with Gasteiger partial charge in [0.25, 0.3) is 0 Å². The van der Waals surface area contributed by atoms with Gasteiger partial charge in [0.15, 0.2) is 0 Å². The Bertz CT molecular complexity index is 268. The summed E-state index contributed by atoms with van der Waals surface area (Å²) in [5.74, 6) is 0. The molecule has 0 saturated carbocycles. The topological polar surface area (TPSA) is 44.3 Å². The Labute approximate surface area is 84.1 Å². The van der Waals surface area contributed by atoms with Crippen LogP contribution in [0.4, 0.5) is 0 Å². The number of nitrogens with one attached hydrogen (secondary N) is 2. The van der Waals surface area contributed by atoms with E-state index in [1.165, 1.54) is 5.56 Å². The summed E-state index contributed by atoms with van der Waals surface area (Å²) in [5, 5.41) is 15.7. The van der Waals surface area contributed by atoms with Gasteiger partial charge in [-0.2, -0.15) is 0 Å². The second-order valence-corrected chi connectivity index (χ2v) is 3.66. The van der Waals surface area contributed by atoms with Crippen molar-refractivity contribution in [2.45, 2.75) is 12.1 Å². The maximum absolute atomic E-state index is 8.95. The van der Waals surface area contributed by atoms with Crippen molar-refractivity contribution >= 4 is 0 Å². The van der Waals surface area contributed by atoms with E-state index in [4.69, 9.17) is 5.11 Å². The summed E-state index contributed by atoms with van der Waals surface area (Å²) >= 11 is 0. The van der Waals surface area contributed by atoms with Gasteiger partial charge in [0.2, 0.25) is 0 Å². The van der Waals surface area contributed by atoms with Crippen molar-refractivity contribution < 1.29 is 5.11 Å². The molecule has 0 radical (unpaired) electrons. The fraction of sp³-hybridized carbons (Fsp3) is 0.455. The Hall–Kier alpha value is -0.900. The molecule has 14 heavy (non-hydrogen) atoms. The minimum Gasteiger partial charge on any atom is -0.395 e. The third kappa shape index (κ3) is 2.12. The molecule has 3 N–H and O–H groups in total. The maximum atomic E-state index is 8.95. The Morgan fingerprint density at radius 1 is 1.14 bits per heavy atom. The Morgan fingerprint density at radius 3 is 2.50 bits per heavy atom. The largest absolute Gasteiger partial charge is 0.395 e. The van der Waals surface area contributed by atoms with Gasteiger partial charge in [-0.25, -0.2) is 0 Å². The number of hydrogen-bond acceptors (Lipinski definition) is 3. The number of hydrogen-bond donors (Lipinski definition) is 3. The van der Waals surface area contributed by atoms with E-state index in [9.17, 15) is 0 Å². The molecule has 1 aromatic rings. The summed E-state index contributed by atoms with van der Waals surface area (Å²) in [7, 11) is 0. The zero-order valence-corrected chi connectivity index (χ0v) is 8.11. The fourth-order valence-corrected chi connectivity index (χ4v) is 1.76. The first-order chi connectivity index (χ1) is 6.90. The van der Waals surface area contributed by atoms with Crippen LogP contribution in [-0.4, -0.2) is 30.8 Å². The molecule has 1 fully saturated rings. The lowest BCUT2D eigenvalue weighted by molar-refractivity contribution is 0.213. The van der Waals surface area contributed by atoms with Crippen molar-refractivity contribution in [3.05, 3.63) is 35.9 Å². The first-order valence-electron chi connectivity index (χ1n) is 5.02. The van der Waals surface area contributed by atoms with Crippen LogP contribution in [0.5, 0.6) is 0 Å². The number of aliphatic hydroxyl groups excluding tert-OH is 1. The van der Waals surface area contributed by atoms with Crippen LogP contribution >= 0.6 is 0 Å². The molecular weight excluding hydrogens is 176 g/mol. The SMILES string of the molecule is OCC1CNC(c2ccccc2)CN1. The molecule has 0 amide bonds. The molecule has 0 aliphatic carbocycles. The molecule has 1 aliphatic rings. The van der Waals surface area contributed by atoms with Crippen LogP contribution in [0.2, 0.25) is 0 Å². The fourth-order valence-electron chi connectivity index (χ4n) is 1.76. The summed E-state index contributed by atoms with van der Waals surface area (Å²) in [6.45, 7) is 1.92. The first-order valence-corrected chi connectivity index (χ1v) is 5.02. The molecule has 3 heteroatoms. The lowest BCUT2D eigenvalue weighted by Gasteiger charge is -2.30. The van der Waals surface area contributed by atoms with Crippen molar-refractivity contribution in [3.8, 4) is 0 Å². The smallest absolute Gasteiger partial charge is 0.0597 e. The number of rotatable bonds is 2. The molecule has 2 atom stereocenters. The van der Waals surface area contributed by atoms with Gasteiger partial charge >= 0.3 is 0 Å². The predicted octanol–water partition coefficient (Wildman–Crippen LogP) is 0.281. The van der Waals surface area contributed by atoms with Gasteiger partial charge in [0.1, 0.15) is 0 Å². The predicted molar refractivity (Wildman–Crippen MR) is 56.1 cm³/mol. The van der Waals surface area contributed by atoms with E-state index in [0.29, 0.717) is 6.04 Å². The molecule has 3 nitrogen and oxygen atoms in total. The van der Waals surface area contributed by atoms with E-state index >= 15 is 0 Å². The highest BCUT2D eigenvalue weighted by atomic mass is 16.3. The molecule has 76 valence electrons. The van der Waals surface area contributed by atoms with Gasteiger partial charge < -0.3 is 15.7 Å². The Kier molecular flexibility index (Phi) is 3.14. The lowest BCUT2D eigenvalue weighted by atomic mass is 10.0. The number of piperazine rings is 1. The van der Waals surface area contributed by atoms with Gasteiger partial charge in [-0.15, -0.1) is 0 Å². The summed E-state index contributed by atoms with van der Waals surface area (Å²) in [5.41, 5.74) is 1.30. The molecule has 0 aromatic heterocycles. The van der Waals surface area contributed by atoms with Crippen molar-refractivity contribution in [2.24, 2.45) is 0 Å². The van der Waals surface area contributed by atoms with Gasteiger partial charge in [0, 0.05) is 25.2 Å². The van der Waals surface area contributed by atoms with Crippen LogP contribution in [0.3, 0.4) is 0 Å². The molecule has 1 heterocycles. The molecule has 0 spiro atoms. The van der Waals surface area contributed by atoms with Crippen molar-refractivity contribution in [3.63, 3.8) is 0 Å². The molecule has 1 aromatic carbocycles. The second-order valence-electron chi connectivity index (χ2n) is 3.66. The van der Waals surface area contributed by atoms with Crippen LogP contribution < -0.4 is 10.6 Å². The highest BCUT2D eigenvalue weighted by molar-refractivity contribution is 5.19. The van der Waals surface area contributed by atoms with Crippen LogP contribution in [0, 0.1) is 0 Å².